The lowest BCUT2D eigenvalue weighted by Crippen LogP contribution is -2.54. The van der Waals surface area contributed by atoms with Crippen molar-refractivity contribution < 1.29 is 15.0 Å². The summed E-state index contributed by atoms with van der Waals surface area (Å²) in [6.07, 6.45) is 10.7. The normalized spacial score (nSPS) is 47.9. The summed E-state index contributed by atoms with van der Waals surface area (Å²) in [5.41, 5.74) is 1.89. The van der Waals surface area contributed by atoms with Crippen LogP contribution in [0.5, 0.6) is 0 Å². The third-order valence-corrected chi connectivity index (χ3v) is 10.3. The Morgan fingerprint density at radius 1 is 1.07 bits per heavy atom. The second-order valence-corrected chi connectivity index (χ2v) is 10.7. The largest absolute Gasteiger partial charge is 0.368 e. The van der Waals surface area contributed by atoms with Crippen molar-refractivity contribution in [2.75, 3.05) is 0 Å². The molecule has 0 heterocycles. The minimum absolute atomic E-state index is 0.0381. The van der Waals surface area contributed by atoms with Crippen LogP contribution in [-0.4, -0.2) is 22.3 Å². The van der Waals surface area contributed by atoms with Crippen LogP contribution < -0.4 is 0 Å². The van der Waals surface area contributed by atoms with Gasteiger partial charge < -0.3 is 10.2 Å². The lowest BCUT2D eigenvalue weighted by molar-refractivity contribution is -0.167. The number of hydrogen-bond donors (Lipinski definition) is 2. The Bertz CT molecular complexity index is 652. The molecule has 0 aromatic rings. The van der Waals surface area contributed by atoms with Crippen molar-refractivity contribution in [3.8, 4) is 0 Å². The van der Waals surface area contributed by atoms with E-state index in [1.807, 2.05) is 6.08 Å². The molecule has 0 bridgehead atoms. The molecule has 3 saturated carbocycles. The molecule has 3 fully saturated rings. The molecule has 3 nitrogen and oxygen atoms in total. The maximum atomic E-state index is 12.0. The highest BCUT2D eigenvalue weighted by Gasteiger charge is 2.65. The van der Waals surface area contributed by atoms with Gasteiger partial charge >= 0.3 is 0 Å². The summed E-state index contributed by atoms with van der Waals surface area (Å²) in [4.78, 5) is 12.0. The average molecular weight is 375 g/mol. The molecule has 3 heteroatoms. The van der Waals surface area contributed by atoms with Gasteiger partial charge in [0.1, 0.15) is 0 Å². The van der Waals surface area contributed by atoms with E-state index < -0.39 is 6.29 Å². The number of hydrogen-bond acceptors (Lipinski definition) is 3. The van der Waals surface area contributed by atoms with Gasteiger partial charge in [-0.05, 0) is 91.4 Å². The second-order valence-electron chi connectivity index (χ2n) is 10.7. The molecular formula is C24H38O3. The van der Waals surface area contributed by atoms with E-state index in [1.165, 1.54) is 31.3 Å². The van der Waals surface area contributed by atoms with E-state index in [9.17, 15) is 15.0 Å². The number of carbonyl (C=O) groups excluding carboxylic acids is 1. The van der Waals surface area contributed by atoms with E-state index in [0.717, 1.165) is 38.0 Å². The zero-order chi connectivity index (χ0) is 19.6. The highest BCUT2D eigenvalue weighted by Crippen LogP contribution is 2.72. The van der Waals surface area contributed by atoms with Gasteiger partial charge in [0, 0.05) is 12.3 Å². The third-order valence-electron chi connectivity index (χ3n) is 10.3. The predicted molar refractivity (Wildman–Crippen MR) is 107 cm³/mol. The summed E-state index contributed by atoms with van der Waals surface area (Å²) in [6, 6.07) is 0. The van der Waals surface area contributed by atoms with Crippen LogP contribution in [0.15, 0.2) is 11.6 Å². The summed E-state index contributed by atoms with van der Waals surface area (Å²) in [7, 11) is 0. The first-order valence-corrected chi connectivity index (χ1v) is 11.3. The van der Waals surface area contributed by atoms with Gasteiger partial charge in [-0.25, -0.2) is 0 Å². The Morgan fingerprint density at radius 2 is 1.78 bits per heavy atom. The van der Waals surface area contributed by atoms with Crippen LogP contribution in [0.2, 0.25) is 0 Å². The zero-order valence-electron chi connectivity index (χ0n) is 17.6. The fourth-order valence-electron chi connectivity index (χ4n) is 8.66. The van der Waals surface area contributed by atoms with Gasteiger partial charge in [-0.3, -0.25) is 4.79 Å². The molecule has 4 aliphatic carbocycles. The van der Waals surface area contributed by atoms with Gasteiger partial charge in [0.05, 0.1) is 0 Å². The molecule has 7 atom stereocenters. The van der Waals surface area contributed by atoms with Gasteiger partial charge in [0.15, 0.2) is 12.1 Å². The third kappa shape index (κ3) is 2.50. The minimum atomic E-state index is -1.22. The summed E-state index contributed by atoms with van der Waals surface area (Å²) < 4.78 is 0. The summed E-state index contributed by atoms with van der Waals surface area (Å²) in [5.74, 6) is 2.38. The number of rotatable bonds is 3. The first-order valence-electron chi connectivity index (χ1n) is 11.3. The number of aliphatic hydroxyl groups excluding tert-OH is 1. The Balaban J connectivity index is 1.68. The Morgan fingerprint density at radius 3 is 2.44 bits per heavy atom. The molecule has 2 N–H and O–H groups in total. The quantitative estimate of drug-likeness (QED) is 0.694. The summed E-state index contributed by atoms with van der Waals surface area (Å²) in [5, 5.41) is 20.1. The summed E-state index contributed by atoms with van der Waals surface area (Å²) >= 11 is 0. The molecule has 1 unspecified atom stereocenters. The lowest BCUT2D eigenvalue weighted by atomic mass is 9.44. The van der Waals surface area contributed by atoms with Crippen LogP contribution in [0.3, 0.4) is 0 Å². The average Bonchev–Trinajstić information content (AvgIpc) is 2.94. The molecule has 0 aromatic heterocycles. The highest BCUT2D eigenvalue weighted by atomic mass is 16.5. The van der Waals surface area contributed by atoms with Crippen LogP contribution in [0.4, 0.5) is 0 Å². The van der Waals surface area contributed by atoms with Crippen molar-refractivity contribution in [2.45, 2.75) is 91.8 Å². The van der Waals surface area contributed by atoms with Gasteiger partial charge in [0.2, 0.25) is 0 Å². The van der Waals surface area contributed by atoms with E-state index in [4.69, 9.17) is 0 Å². The predicted octanol–water partition coefficient (Wildman–Crippen LogP) is 4.86. The number of fused-ring (bicyclic) bond motifs is 5. The van der Waals surface area contributed by atoms with Crippen molar-refractivity contribution in [3.63, 3.8) is 0 Å². The standard InChI is InChI=1S/C24H38O3/c1-5-24(15(2)21(26)27)13-10-20-18-7-6-16-14-17(25)8-11-22(16,3)19(18)9-12-23(20,24)4/h14-15,18-21,26-27H,5-13H2,1-4H3/t15?,18-,19+,20+,22+,23+,24+/m1/s1. The molecule has 0 aliphatic heterocycles. The van der Waals surface area contributed by atoms with Crippen molar-refractivity contribution in [1.82, 2.24) is 0 Å². The smallest absolute Gasteiger partial charge is 0.155 e. The van der Waals surface area contributed by atoms with E-state index in [0.29, 0.717) is 17.6 Å². The van der Waals surface area contributed by atoms with Crippen LogP contribution in [0, 0.1) is 39.9 Å². The zero-order valence-corrected chi connectivity index (χ0v) is 17.6. The van der Waals surface area contributed by atoms with Crippen LogP contribution in [0.1, 0.15) is 85.5 Å². The van der Waals surface area contributed by atoms with E-state index >= 15 is 0 Å². The maximum absolute atomic E-state index is 12.0. The number of aliphatic hydroxyl groups is 2. The fourth-order valence-corrected chi connectivity index (χ4v) is 8.66. The lowest BCUT2D eigenvalue weighted by Gasteiger charge is -2.61. The Labute approximate surface area is 164 Å². The number of carbonyl (C=O) groups is 1. The second kappa shape index (κ2) is 6.42. The highest BCUT2D eigenvalue weighted by molar-refractivity contribution is 5.91. The molecule has 4 aliphatic rings. The van der Waals surface area contributed by atoms with Gasteiger partial charge in [0.25, 0.3) is 0 Å². The van der Waals surface area contributed by atoms with Crippen LogP contribution in [-0.2, 0) is 4.79 Å². The first-order chi connectivity index (χ1) is 12.7. The number of ketones is 1. The fraction of sp³-hybridized carbons (Fsp3) is 0.875. The van der Waals surface area contributed by atoms with Crippen molar-refractivity contribution >= 4 is 5.78 Å². The summed E-state index contributed by atoms with van der Waals surface area (Å²) in [6.45, 7) is 9.23. The molecule has 0 amide bonds. The van der Waals surface area contributed by atoms with E-state index in [-0.39, 0.29) is 22.2 Å². The molecule has 152 valence electrons. The maximum Gasteiger partial charge on any atom is 0.155 e. The van der Waals surface area contributed by atoms with E-state index in [2.05, 4.69) is 27.7 Å². The first kappa shape index (κ1) is 19.6. The number of allylic oxidation sites excluding steroid dienone is 1. The van der Waals surface area contributed by atoms with Crippen LogP contribution >= 0.6 is 0 Å². The Hall–Kier alpha value is -0.670. The van der Waals surface area contributed by atoms with Gasteiger partial charge in [-0.2, -0.15) is 0 Å². The Kier molecular flexibility index (Phi) is 4.67. The van der Waals surface area contributed by atoms with Crippen molar-refractivity contribution in [1.29, 1.82) is 0 Å². The molecule has 27 heavy (non-hydrogen) atoms. The molecule has 0 radical (unpaired) electrons. The minimum Gasteiger partial charge on any atom is -0.368 e. The van der Waals surface area contributed by atoms with Gasteiger partial charge in [-0.1, -0.05) is 33.3 Å². The molecule has 0 saturated heterocycles. The molecular weight excluding hydrogens is 336 g/mol. The van der Waals surface area contributed by atoms with Crippen molar-refractivity contribution in [3.05, 3.63) is 11.6 Å². The SMILES string of the molecule is CC[C@@]1(C(C)C(O)O)CC[C@H]2[C@@H]3CCC4=CC(=O)CC[C@]4(C)[C@H]3CC[C@@]21C. The van der Waals surface area contributed by atoms with Crippen molar-refractivity contribution in [2.24, 2.45) is 39.9 Å². The van der Waals surface area contributed by atoms with Crippen LogP contribution in [0.25, 0.3) is 0 Å². The monoisotopic (exact) mass is 374 g/mol. The topological polar surface area (TPSA) is 57.5 Å². The molecule has 0 aromatic carbocycles. The molecule has 4 rings (SSSR count). The van der Waals surface area contributed by atoms with E-state index in [1.54, 1.807) is 0 Å². The molecule has 0 spiro atoms. The van der Waals surface area contributed by atoms with Gasteiger partial charge in [-0.15, -0.1) is 0 Å².